The molecule has 0 unspecified atom stereocenters. The average Bonchev–Trinajstić information content (AvgIpc) is 2.77. The Labute approximate surface area is 91.9 Å². The van der Waals surface area contributed by atoms with Crippen molar-refractivity contribution in [2.24, 2.45) is 0 Å². The fraction of sp³-hybridized carbons (Fsp3) is 0.0833. The van der Waals surface area contributed by atoms with Gasteiger partial charge < -0.3 is 9.73 Å². The maximum Gasteiger partial charge on any atom is 0.291 e. The van der Waals surface area contributed by atoms with Crippen molar-refractivity contribution in [3.05, 3.63) is 53.7 Å². The van der Waals surface area contributed by atoms with E-state index in [-0.39, 0.29) is 11.6 Å². The molecule has 0 saturated carbocycles. The number of carbonyl (C=O) groups is 1. The lowest BCUT2D eigenvalue weighted by atomic mass is 10.2. The van der Waals surface area contributed by atoms with Crippen LogP contribution in [-0.2, 0) is 0 Å². The summed E-state index contributed by atoms with van der Waals surface area (Å²) in [6.07, 6.45) is 1.41. The first-order valence-electron chi connectivity index (χ1n) is 4.78. The number of hydrogen-bond donors (Lipinski definition) is 1. The average molecular weight is 219 g/mol. The van der Waals surface area contributed by atoms with Crippen LogP contribution in [0.15, 0.2) is 41.0 Å². The van der Waals surface area contributed by atoms with E-state index < -0.39 is 5.91 Å². The number of anilines is 1. The maximum absolute atomic E-state index is 13.2. The van der Waals surface area contributed by atoms with Gasteiger partial charge in [-0.3, -0.25) is 4.79 Å². The summed E-state index contributed by atoms with van der Waals surface area (Å²) in [4.78, 5) is 11.5. The second kappa shape index (κ2) is 4.18. The van der Waals surface area contributed by atoms with Crippen molar-refractivity contribution in [3.8, 4) is 0 Å². The minimum Gasteiger partial charge on any atom is -0.459 e. The Morgan fingerprint density at radius 2 is 2.19 bits per heavy atom. The maximum atomic E-state index is 13.2. The third-order valence-electron chi connectivity index (χ3n) is 2.17. The summed E-state index contributed by atoms with van der Waals surface area (Å²) >= 11 is 0. The molecule has 3 nitrogen and oxygen atoms in total. The van der Waals surface area contributed by atoms with E-state index in [1.165, 1.54) is 12.3 Å². The molecular weight excluding hydrogens is 209 g/mol. The Kier molecular flexibility index (Phi) is 2.72. The van der Waals surface area contributed by atoms with E-state index in [0.717, 1.165) is 0 Å². The van der Waals surface area contributed by atoms with E-state index in [4.69, 9.17) is 4.42 Å². The molecule has 0 spiro atoms. The van der Waals surface area contributed by atoms with Crippen LogP contribution in [0.3, 0.4) is 0 Å². The second-order valence-electron chi connectivity index (χ2n) is 3.40. The smallest absolute Gasteiger partial charge is 0.291 e. The minimum atomic E-state index is -0.395. The molecular formula is C12H10FNO2. The zero-order valence-corrected chi connectivity index (χ0v) is 8.66. The molecule has 0 aliphatic heterocycles. The van der Waals surface area contributed by atoms with Gasteiger partial charge in [-0.2, -0.15) is 0 Å². The highest BCUT2D eigenvalue weighted by Crippen LogP contribution is 2.14. The molecule has 0 fully saturated rings. The Bertz CT molecular complexity index is 506. The highest BCUT2D eigenvalue weighted by Gasteiger charge is 2.09. The molecule has 0 saturated heterocycles. The van der Waals surface area contributed by atoms with Gasteiger partial charge in [-0.05, 0) is 36.8 Å². The summed E-state index contributed by atoms with van der Waals surface area (Å²) in [5.74, 6) is -0.550. The van der Waals surface area contributed by atoms with Crippen molar-refractivity contribution in [1.29, 1.82) is 0 Å². The number of nitrogens with one attached hydrogen (secondary N) is 1. The van der Waals surface area contributed by atoms with Crippen LogP contribution < -0.4 is 5.32 Å². The van der Waals surface area contributed by atoms with Crippen LogP contribution in [0.2, 0.25) is 0 Å². The Morgan fingerprint density at radius 1 is 1.38 bits per heavy atom. The Balaban J connectivity index is 2.15. The molecule has 82 valence electrons. The van der Waals surface area contributed by atoms with Gasteiger partial charge in [-0.1, -0.05) is 6.07 Å². The zero-order chi connectivity index (χ0) is 11.5. The number of carbonyl (C=O) groups excluding carboxylic acids is 1. The summed E-state index contributed by atoms with van der Waals surface area (Å²) in [5.41, 5.74) is 0.945. The third-order valence-corrected chi connectivity index (χ3v) is 2.17. The van der Waals surface area contributed by atoms with Crippen molar-refractivity contribution in [2.75, 3.05) is 5.32 Å². The van der Waals surface area contributed by atoms with Gasteiger partial charge in [-0.15, -0.1) is 0 Å². The zero-order valence-electron chi connectivity index (χ0n) is 8.66. The van der Waals surface area contributed by atoms with Gasteiger partial charge in [0.05, 0.1) is 6.26 Å². The summed E-state index contributed by atoms with van der Waals surface area (Å²) < 4.78 is 18.1. The number of furan rings is 1. The molecule has 16 heavy (non-hydrogen) atoms. The SMILES string of the molecule is Cc1ccc(NC(=O)c2ccco2)cc1F. The van der Waals surface area contributed by atoms with Crippen LogP contribution in [0.25, 0.3) is 0 Å². The van der Waals surface area contributed by atoms with E-state index in [9.17, 15) is 9.18 Å². The van der Waals surface area contributed by atoms with Crippen LogP contribution in [-0.4, -0.2) is 5.91 Å². The monoisotopic (exact) mass is 219 g/mol. The number of aryl methyl sites for hydroxylation is 1. The van der Waals surface area contributed by atoms with Crippen LogP contribution in [0.1, 0.15) is 16.1 Å². The largest absolute Gasteiger partial charge is 0.459 e. The van der Waals surface area contributed by atoms with Crippen LogP contribution >= 0.6 is 0 Å². The predicted molar refractivity (Wildman–Crippen MR) is 57.8 cm³/mol. The molecule has 1 aromatic carbocycles. The topological polar surface area (TPSA) is 42.2 Å². The standard InChI is InChI=1S/C12H10FNO2/c1-8-4-5-9(7-10(8)13)14-12(15)11-3-2-6-16-11/h2-7H,1H3,(H,14,15). The lowest BCUT2D eigenvalue weighted by molar-refractivity contribution is 0.0996. The van der Waals surface area contributed by atoms with Gasteiger partial charge in [0, 0.05) is 5.69 Å². The van der Waals surface area contributed by atoms with E-state index in [1.54, 1.807) is 31.2 Å². The normalized spacial score (nSPS) is 10.1. The van der Waals surface area contributed by atoms with Gasteiger partial charge in [0.2, 0.25) is 0 Å². The first-order valence-corrected chi connectivity index (χ1v) is 4.78. The van der Waals surface area contributed by atoms with E-state index >= 15 is 0 Å². The molecule has 0 radical (unpaired) electrons. The third kappa shape index (κ3) is 2.11. The van der Waals surface area contributed by atoms with Gasteiger partial charge >= 0.3 is 0 Å². The molecule has 0 atom stereocenters. The molecule has 0 aliphatic rings. The molecule has 2 aromatic rings. The summed E-state index contributed by atoms with van der Waals surface area (Å²) in [6.45, 7) is 1.66. The number of halogens is 1. The van der Waals surface area contributed by atoms with Crippen molar-refractivity contribution < 1.29 is 13.6 Å². The Morgan fingerprint density at radius 3 is 2.81 bits per heavy atom. The van der Waals surface area contributed by atoms with E-state index in [2.05, 4.69) is 5.32 Å². The Hall–Kier alpha value is -2.10. The quantitative estimate of drug-likeness (QED) is 0.843. The first kappa shape index (κ1) is 10.4. The highest BCUT2D eigenvalue weighted by atomic mass is 19.1. The van der Waals surface area contributed by atoms with E-state index in [1.807, 2.05) is 0 Å². The van der Waals surface area contributed by atoms with Crippen LogP contribution in [0.4, 0.5) is 10.1 Å². The van der Waals surface area contributed by atoms with Gasteiger partial charge in [-0.25, -0.2) is 4.39 Å². The minimum absolute atomic E-state index is 0.195. The highest BCUT2D eigenvalue weighted by molar-refractivity contribution is 6.02. The van der Waals surface area contributed by atoms with Crippen LogP contribution in [0, 0.1) is 12.7 Å². The molecule has 0 aliphatic carbocycles. The molecule has 1 heterocycles. The van der Waals surface area contributed by atoms with Crippen molar-refractivity contribution >= 4 is 11.6 Å². The summed E-state index contributed by atoms with van der Waals surface area (Å²) in [7, 11) is 0. The van der Waals surface area contributed by atoms with Crippen molar-refractivity contribution in [2.45, 2.75) is 6.92 Å². The summed E-state index contributed by atoms with van der Waals surface area (Å²) in [6, 6.07) is 7.67. The van der Waals surface area contributed by atoms with E-state index in [0.29, 0.717) is 11.3 Å². The molecule has 4 heteroatoms. The first-order chi connectivity index (χ1) is 7.66. The number of rotatable bonds is 2. The lowest BCUT2D eigenvalue weighted by Gasteiger charge is -2.04. The molecule has 1 amide bonds. The second-order valence-corrected chi connectivity index (χ2v) is 3.40. The van der Waals surface area contributed by atoms with Crippen LogP contribution in [0.5, 0.6) is 0 Å². The number of hydrogen-bond acceptors (Lipinski definition) is 2. The fourth-order valence-corrected chi connectivity index (χ4v) is 1.27. The fourth-order valence-electron chi connectivity index (χ4n) is 1.27. The van der Waals surface area contributed by atoms with Gasteiger partial charge in [0.1, 0.15) is 5.82 Å². The summed E-state index contributed by atoms with van der Waals surface area (Å²) in [5, 5.41) is 2.54. The molecule has 1 N–H and O–H groups in total. The van der Waals surface area contributed by atoms with Crippen molar-refractivity contribution in [1.82, 2.24) is 0 Å². The lowest BCUT2D eigenvalue weighted by Crippen LogP contribution is -2.10. The van der Waals surface area contributed by atoms with Gasteiger partial charge in [0.25, 0.3) is 5.91 Å². The van der Waals surface area contributed by atoms with Crippen molar-refractivity contribution in [3.63, 3.8) is 0 Å². The number of benzene rings is 1. The van der Waals surface area contributed by atoms with Gasteiger partial charge in [0.15, 0.2) is 5.76 Å². The molecule has 0 bridgehead atoms. The number of amides is 1. The molecule has 1 aromatic heterocycles. The molecule has 2 rings (SSSR count). The predicted octanol–water partition coefficient (Wildman–Crippen LogP) is 2.98.